The molecule has 0 unspecified atom stereocenters. The van der Waals surface area contributed by atoms with E-state index in [-0.39, 0.29) is 23.1 Å². The minimum Gasteiger partial charge on any atom is -0.348 e. The van der Waals surface area contributed by atoms with Crippen LogP contribution in [-0.4, -0.2) is 35.1 Å². The maximum Gasteiger partial charge on any atom is 0.357 e. The smallest absolute Gasteiger partial charge is 0.348 e. The summed E-state index contributed by atoms with van der Waals surface area (Å²) in [6.07, 6.45) is 0. The van der Waals surface area contributed by atoms with Crippen molar-refractivity contribution >= 4 is 35.1 Å². The summed E-state index contributed by atoms with van der Waals surface area (Å²) >= 11 is 0. The van der Waals surface area contributed by atoms with Crippen LogP contribution in [0, 0.1) is 0 Å². The maximum absolute atomic E-state index is 9.66. The number of nitrogens with two attached hydrogens (primary N) is 2. The molecule has 0 fully saturated rings. The molecule has 0 aromatic carbocycles. The standard InChI is InChI=1S/C2H4N4O2.Mg.2H/c3-1(7)5-6-2(4)8;;;/h(H2,3,7)(H2,4,8);;;. The largest absolute Gasteiger partial charge is 0.357 e. The van der Waals surface area contributed by atoms with Crippen LogP contribution in [0.2, 0.25) is 0 Å². The Labute approximate surface area is 66.8 Å². The molecule has 4 amide bonds. The summed E-state index contributed by atoms with van der Waals surface area (Å²) in [6.45, 7) is 0. The Morgan fingerprint density at radius 1 is 1.00 bits per heavy atom. The third kappa shape index (κ3) is 11.1. The third-order valence-corrected chi connectivity index (χ3v) is 0.247. The second kappa shape index (κ2) is 5.44. The monoisotopic (exact) mass is 142 g/mol. The van der Waals surface area contributed by atoms with Gasteiger partial charge in [-0.2, -0.15) is 0 Å². The Bertz CT molecular complexity index is 128. The van der Waals surface area contributed by atoms with Crippen LogP contribution in [0.1, 0.15) is 0 Å². The van der Waals surface area contributed by atoms with E-state index in [9.17, 15) is 9.59 Å². The Kier molecular flexibility index (Phi) is 6.74. The first-order valence-corrected chi connectivity index (χ1v) is 1.63. The normalized spacial score (nSPS) is 8.44. The van der Waals surface area contributed by atoms with Crippen molar-refractivity contribution in [3.05, 3.63) is 0 Å². The fraction of sp³-hybridized carbons (Fsp3) is 0. The van der Waals surface area contributed by atoms with Crippen molar-refractivity contribution in [1.82, 2.24) is 0 Å². The fourth-order valence-corrected chi connectivity index (χ4v) is 0.0986. The first kappa shape index (κ1) is 11.1. The van der Waals surface area contributed by atoms with Crippen LogP contribution in [0.15, 0.2) is 10.2 Å². The number of carbonyl (C=O) groups is 2. The number of urea groups is 2. The molecule has 0 spiro atoms. The highest BCUT2D eigenvalue weighted by Crippen LogP contribution is 1.72. The van der Waals surface area contributed by atoms with E-state index in [1.807, 2.05) is 0 Å². The van der Waals surface area contributed by atoms with Gasteiger partial charge in [-0.05, 0) is 0 Å². The zero-order valence-electron chi connectivity index (χ0n) is 3.87. The molecule has 0 saturated heterocycles. The summed E-state index contributed by atoms with van der Waals surface area (Å²) in [5.74, 6) is 0. The predicted octanol–water partition coefficient (Wildman–Crippen LogP) is -1.32. The summed E-state index contributed by atoms with van der Waals surface area (Å²) in [6, 6.07) is -2.08. The van der Waals surface area contributed by atoms with Gasteiger partial charge in [-0.3, -0.25) is 0 Å². The number of azo groups is 1. The molecule has 0 atom stereocenters. The minimum absolute atomic E-state index is 0. The molecule has 0 aromatic rings. The zero-order chi connectivity index (χ0) is 6.57. The van der Waals surface area contributed by atoms with Gasteiger partial charge < -0.3 is 11.5 Å². The van der Waals surface area contributed by atoms with E-state index in [0.717, 1.165) is 0 Å². The van der Waals surface area contributed by atoms with Gasteiger partial charge >= 0.3 is 35.1 Å². The number of rotatable bonds is 0. The molecule has 0 rings (SSSR count). The lowest BCUT2D eigenvalue weighted by atomic mass is 11.1. The van der Waals surface area contributed by atoms with Crippen molar-refractivity contribution in [3.63, 3.8) is 0 Å². The first-order valence-electron chi connectivity index (χ1n) is 1.63. The molecule has 0 radical (unpaired) electrons. The number of carbonyl (C=O) groups excluding carboxylic acids is 2. The Morgan fingerprint density at radius 3 is 1.33 bits per heavy atom. The Balaban J connectivity index is 0. The van der Waals surface area contributed by atoms with E-state index < -0.39 is 12.1 Å². The highest BCUT2D eigenvalue weighted by atomic mass is 24.3. The molecule has 0 aliphatic carbocycles. The van der Waals surface area contributed by atoms with Crippen LogP contribution in [-0.2, 0) is 0 Å². The van der Waals surface area contributed by atoms with Crippen molar-refractivity contribution in [2.75, 3.05) is 0 Å². The molecule has 4 N–H and O–H groups in total. The van der Waals surface area contributed by atoms with Crippen LogP contribution in [0.25, 0.3) is 0 Å². The van der Waals surface area contributed by atoms with Gasteiger partial charge in [-0.15, -0.1) is 0 Å². The highest BCUT2D eigenvalue weighted by molar-refractivity contribution is 5.77. The van der Waals surface area contributed by atoms with Gasteiger partial charge in [0, 0.05) is 0 Å². The first-order chi connectivity index (χ1) is 3.63. The molecule has 0 saturated carbocycles. The molecule has 0 aliphatic rings. The lowest BCUT2D eigenvalue weighted by Crippen LogP contribution is -2.07. The molecular weight excluding hydrogens is 136 g/mol. The topological polar surface area (TPSA) is 111 Å². The highest BCUT2D eigenvalue weighted by Gasteiger charge is 1.86. The van der Waals surface area contributed by atoms with Crippen LogP contribution < -0.4 is 11.5 Å². The van der Waals surface area contributed by atoms with E-state index in [4.69, 9.17) is 0 Å². The fourth-order valence-electron chi connectivity index (χ4n) is 0.0986. The minimum atomic E-state index is -1.04. The molecule has 9 heavy (non-hydrogen) atoms. The van der Waals surface area contributed by atoms with Crippen LogP contribution in [0.5, 0.6) is 0 Å². The van der Waals surface area contributed by atoms with Gasteiger partial charge in [-0.25, -0.2) is 9.59 Å². The molecule has 0 aromatic heterocycles. The van der Waals surface area contributed by atoms with E-state index in [2.05, 4.69) is 21.7 Å². The predicted molar refractivity (Wildman–Crippen MR) is 32.6 cm³/mol. The number of hydrogen-bond acceptors (Lipinski definition) is 2. The summed E-state index contributed by atoms with van der Waals surface area (Å²) in [4.78, 5) is 19.3. The maximum atomic E-state index is 9.66. The lowest BCUT2D eigenvalue weighted by Gasteiger charge is -1.74. The molecule has 0 aliphatic heterocycles. The average molecular weight is 142 g/mol. The average Bonchev–Trinajstić information content (AvgIpc) is 1.61. The van der Waals surface area contributed by atoms with Crippen LogP contribution >= 0.6 is 0 Å². The second-order valence-corrected chi connectivity index (χ2v) is 0.876. The molecule has 0 heterocycles. The van der Waals surface area contributed by atoms with Gasteiger partial charge in [0.1, 0.15) is 0 Å². The summed E-state index contributed by atoms with van der Waals surface area (Å²) in [7, 11) is 0. The van der Waals surface area contributed by atoms with Crippen molar-refractivity contribution in [2.45, 2.75) is 0 Å². The Hall–Kier alpha value is -0.694. The van der Waals surface area contributed by atoms with Gasteiger partial charge in [0.25, 0.3) is 0 Å². The summed E-state index contributed by atoms with van der Waals surface area (Å²) < 4.78 is 0. The third-order valence-electron chi connectivity index (χ3n) is 0.247. The quantitative estimate of drug-likeness (QED) is 0.323. The van der Waals surface area contributed by atoms with E-state index in [1.165, 1.54) is 0 Å². The number of nitrogens with zero attached hydrogens (tertiary/aromatic N) is 2. The molecule has 7 heteroatoms. The van der Waals surface area contributed by atoms with Gasteiger partial charge in [0.2, 0.25) is 0 Å². The van der Waals surface area contributed by atoms with Gasteiger partial charge in [0.15, 0.2) is 0 Å². The van der Waals surface area contributed by atoms with E-state index in [0.29, 0.717) is 0 Å². The van der Waals surface area contributed by atoms with Gasteiger partial charge in [0.05, 0.1) is 0 Å². The molecular formula is C2H6MgN4O2. The second-order valence-electron chi connectivity index (χ2n) is 0.876. The number of amides is 4. The Morgan fingerprint density at radius 2 is 1.22 bits per heavy atom. The molecule has 0 bridgehead atoms. The van der Waals surface area contributed by atoms with Crippen molar-refractivity contribution < 1.29 is 9.59 Å². The number of primary amides is 2. The molecule has 6 nitrogen and oxygen atoms in total. The summed E-state index contributed by atoms with van der Waals surface area (Å²) in [5, 5.41) is 5.23. The van der Waals surface area contributed by atoms with Crippen molar-refractivity contribution in [3.8, 4) is 0 Å². The summed E-state index contributed by atoms with van der Waals surface area (Å²) in [5.41, 5.74) is 8.87. The SMILES string of the molecule is NC(=O)N=NC(N)=O.[MgH2]. The lowest BCUT2D eigenvalue weighted by molar-refractivity contribution is 0.249. The van der Waals surface area contributed by atoms with Crippen molar-refractivity contribution in [1.29, 1.82) is 0 Å². The van der Waals surface area contributed by atoms with E-state index in [1.54, 1.807) is 0 Å². The van der Waals surface area contributed by atoms with Crippen molar-refractivity contribution in [2.24, 2.45) is 21.7 Å². The van der Waals surface area contributed by atoms with Crippen LogP contribution in [0.3, 0.4) is 0 Å². The zero-order valence-corrected chi connectivity index (χ0v) is 3.87. The van der Waals surface area contributed by atoms with Gasteiger partial charge in [-0.1, -0.05) is 10.2 Å². The van der Waals surface area contributed by atoms with Crippen LogP contribution in [0.4, 0.5) is 9.59 Å². The number of hydrogen-bond donors (Lipinski definition) is 2. The molecule has 48 valence electrons. The van der Waals surface area contributed by atoms with E-state index >= 15 is 0 Å².